The van der Waals surface area contributed by atoms with Gasteiger partial charge in [-0.05, 0) is 17.5 Å². The summed E-state index contributed by atoms with van der Waals surface area (Å²) in [5.41, 5.74) is 2.83. The zero-order valence-corrected chi connectivity index (χ0v) is 15.2. The van der Waals surface area contributed by atoms with Gasteiger partial charge in [-0.25, -0.2) is 0 Å². The summed E-state index contributed by atoms with van der Waals surface area (Å²) in [5, 5.41) is 3.44. The molecule has 1 aromatic carbocycles. The first-order valence-electron chi connectivity index (χ1n) is 9.26. The second-order valence-corrected chi connectivity index (χ2v) is 6.59. The molecule has 24 heavy (non-hydrogen) atoms. The molecule has 1 unspecified atom stereocenters. The van der Waals surface area contributed by atoms with Gasteiger partial charge in [-0.1, -0.05) is 49.8 Å². The monoisotopic (exact) mass is 327 g/mol. The Kier molecular flexibility index (Phi) is 8.23. The Labute approximate surface area is 148 Å². The van der Waals surface area contributed by atoms with E-state index in [9.17, 15) is 0 Å². The molecule has 0 spiro atoms. The summed E-state index contributed by atoms with van der Waals surface area (Å²) in [7, 11) is 0. The fraction of sp³-hybridized carbons (Fsp3) is 0.524. The Morgan fingerprint density at radius 3 is 2.29 bits per heavy atom. The Morgan fingerprint density at radius 1 is 1.12 bits per heavy atom. The molecule has 3 nitrogen and oxygen atoms in total. The maximum absolute atomic E-state index is 3.94. The van der Waals surface area contributed by atoms with Gasteiger partial charge in [-0.15, -0.1) is 13.2 Å². The van der Waals surface area contributed by atoms with Gasteiger partial charge >= 0.3 is 0 Å². The number of rotatable bonds is 10. The zero-order valence-electron chi connectivity index (χ0n) is 15.2. The maximum Gasteiger partial charge on any atom is 0.0481 e. The highest BCUT2D eigenvalue weighted by Crippen LogP contribution is 2.23. The van der Waals surface area contributed by atoms with E-state index in [0.29, 0.717) is 6.04 Å². The summed E-state index contributed by atoms with van der Waals surface area (Å²) in [6, 6.07) is 9.61. The molecule has 1 N–H and O–H groups in total. The highest BCUT2D eigenvalue weighted by molar-refractivity contribution is 5.26. The summed E-state index contributed by atoms with van der Waals surface area (Å²) < 4.78 is 0. The number of nitrogens with one attached hydrogen (secondary N) is 1. The Morgan fingerprint density at radius 2 is 1.75 bits per heavy atom. The Bertz CT molecular complexity index is 478. The number of hydrogen-bond donors (Lipinski definition) is 1. The van der Waals surface area contributed by atoms with Crippen LogP contribution in [0.15, 0.2) is 49.6 Å². The van der Waals surface area contributed by atoms with Crippen molar-refractivity contribution in [2.75, 3.05) is 45.8 Å². The number of aryl methyl sites for hydroxylation is 1. The van der Waals surface area contributed by atoms with Gasteiger partial charge in [0.15, 0.2) is 0 Å². The van der Waals surface area contributed by atoms with Gasteiger partial charge in [-0.3, -0.25) is 9.80 Å². The minimum absolute atomic E-state index is 0.384. The van der Waals surface area contributed by atoms with E-state index in [1.807, 2.05) is 12.2 Å². The average molecular weight is 328 g/mol. The fourth-order valence-corrected chi connectivity index (χ4v) is 3.43. The van der Waals surface area contributed by atoms with E-state index >= 15 is 0 Å². The molecule has 1 aromatic rings. The maximum atomic E-state index is 3.94. The van der Waals surface area contributed by atoms with Crippen LogP contribution < -0.4 is 5.32 Å². The minimum Gasteiger partial charge on any atom is -0.314 e. The molecule has 1 aliphatic rings. The lowest BCUT2D eigenvalue weighted by Gasteiger charge is -2.36. The van der Waals surface area contributed by atoms with Crippen molar-refractivity contribution in [1.82, 2.24) is 15.1 Å². The van der Waals surface area contributed by atoms with Crippen molar-refractivity contribution in [2.24, 2.45) is 0 Å². The summed E-state index contributed by atoms with van der Waals surface area (Å²) in [6.07, 6.45) is 6.35. The molecule has 1 saturated heterocycles. The number of nitrogens with zero attached hydrogens (tertiary/aromatic N) is 2. The molecule has 0 saturated carbocycles. The SMILES string of the molecule is C=CCN(CC=C)C(CN1CCNCC1)c1ccc(CCC)cc1. The Hall–Kier alpha value is -1.42. The number of hydrogen-bond acceptors (Lipinski definition) is 3. The first-order chi connectivity index (χ1) is 11.8. The lowest BCUT2D eigenvalue weighted by Crippen LogP contribution is -2.47. The van der Waals surface area contributed by atoms with Crippen molar-refractivity contribution < 1.29 is 0 Å². The molecule has 2 rings (SSSR count). The first-order valence-corrected chi connectivity index (χ1v) is 9.26. The van der Waals surface area contributed by atoms with Gasteiger partial charge in [-0.2, -0.15) is 0 Å². The summed E-state index contributed by atoms with van der Waals surface area (Å²) in [5.74, 6) is 0. The molecule has 132 valence electrons. The molecule has 0 radical (unpaired) electrons. The summed E-state index contributed by atoms with van der Waals surface area (Å²) in [4.78, 5) is 5.04. The van der Waals surface area contributed by atoms with Crippen LogP contribution in [0.1, 0.15) is 30.5 Å². The van der Waals surface area contributed by atoms with Crippen LogP contribution in [0.4, 0.5) is 0 Å². The molecule has 1 aliphatic heterocycles. The minimum atomic E-state index is 0.384. The van der Waals surface area contributed by atoms with E-state index in [1.165, 1.54) is 17.5 Å². The van der Waals surface area contributed by atoms with Gasteiger partial charge in [0.2, 0.25) is 0 Å². The third kappa shape index (κ3) is 5.59. The lowest BCUT2D eigenvalue weighted by atomic mass is 10.0. The predicted molar refractivity (Wildman–Crippen MR) is 104 cm³/mol. The van der Waals surface area contributed by atoms with Crippen LogP contribution in [-0.4, -0.2) is 55.6 Å². The first kappa shape index (κ1) is 18.9. The standard InChI is InChI=1S/C21H33N3/c1-4-7-19-8-10-20(11-9-19)21(24(14-5-2)15-6-3)18-23-16-12-22-13-17-23/h5-6,8-11,21-22H,2-4,7,12-18H2,1H3. The summed E-state index contributed by atoms with van der Waals surface area (Å²) >= 11 is 0. The number of benzene rings is 1. The molecule has 1 fully saturated rings. The van der Waals surface area contributed by atoms with Crippen molar-refractivity contribution in [3.05, 3.63) is 60.7 Å². The van der Waals surface area contributed by atoms with Crippen LogP contribution in [0.3, 0.4) is 0 Å². The fourth-order valence-electron chi connectivity index (χ4n) is 3.43. The van der Waals surface area contributed by atoms with Crippen LogP contribution >= 0.6 is 0 Å². The highest BCUT2D eigenvalue weighted by Gasteiger charge is 2.22. The van der Waals surface area contributed by atoms with Gasteiger partial charge < -0.3 is 5.32 Å². The van der Waals surface area contributed by atoms with Crippen LogP contribution in [0.5, 0.6) is 0 Å². The van der Waals surface area contributed by atoms with E-state index in [-0.39, 0.29) is 0 Å². The topological polar surface area (TPSA) is 18.5 Å². The van der Waals surface area contributed by atoms with Crippen LogP contribution in [0.25, 0.3) is 0 Å². The zero-order chi connectivity index (χ0) is 17.2. The second kappa shape index (κ2) is 10.4. The van der Waals surface area contributed by atoms with Gasteiger partial charge in [0.1, 0.15) is 0 Å². The van der Waals surface area contributed by atoms with Gasteiger partial charge in [0, 0.05) is 51.9 Å². The quantitative estimate of drug-likeness (QED) is 0.666. The smallest absolute Gasteiger partial charge is 0.0481 e. The number of piperazine rings is 1. The van der Waals surface area contributed by atoms with E-state index in [4.69, 9.17) is 0 Å². The molecule has 3 heteroatoms. The average Bonchev–Trinajstić information content (AvgIpc) is 2.62. The van der Waals surface area contributed by atoms with Crippen molar-refractivity contribution in [1.29, 1.82) is 0 Å². The van der Waals surface area contributed by atoms with Gasteiger partial charge in [0.05, 0.1) is 0 Å². The normalized spacial score (nSPS) is 16.9. The van der Waals surface area contributed by atoms with Gasteiger partial charge in [0.25, 0.3) is 0 Å². The molecule has 0 bridgehead atoms. The van der Waals surface area contributed by atoms with Crippen molar-refractivity contribution in [3.8, 4) is 0 Å². The van der Waals surface area contributed by atoms with Crippen LogP contribution in [-0.2, 0) is 6.42 Å². The molecule has 1 heterocycles. The lowest BCUT2D eigenvalue weighted by molar-refractivity contribution is 0.149. The second-order valence-electron chi connectivity index (χ2n) is 6.59. The largest absolute Gasteiger partial charge is 0.314 e. The highest BCUT2D eigenvalue weighted by atomic mass is 15.2. The molecule has 0 aromatic heterocycles. The van der Waals surface area contributed by atoms with Crippen molar-refractivity contribution in [2.45, 2.75) is 25.8 Å². The molecule has 0 amide bonds. The van der Waals surface area contributed by atoms with Crippen molar-refractivity contribution >= 4 is 0 Å². The van der Waals surface area contributed by atoms with E-state index in [1.54, 1.807) is 0 Å². The van der Waals surface area contributed by atoms with Crippen molar-refractivity contribution in [3.63, 3.8) is 0 Å². The molecular formula is C21H33N3. The van der Waals surface area contributed by atoms with E-state index < -0.39 is 0 Å². The van der Waals surface area contributed by atoms with Crippen LogP contribution in [0.2, 0.25) is 0 Å². The molecule has 1 atom stereocenters. The van der Waals surface area contributed by atoms with E-state index in [0.717, 1.165) is 52.2 Å². The third-order valence-corrected chi connectivity index (χ3v) is 4.71. The molecular weight excluding hydrogens is 294 g/mol. The van der Waals surface area contributed by atoms with E-state index in [2.05, 4.69) is 59.5 Å². The van der Waals surface area contributed by atoms with Crippen LogP contribution in [0, 0.1) is 0 Å². The third-order valence-electron chi connectivity index (χ3n) is 4.71. The molecule has 0 aliphatic carbocycles. The summed E-state index contributed by atoms with van der Waals surface area (Å²) in [6.45, 7) is 17.4. The predicted octanol–water partition coefficient (Wildman–Crippen LogP) is 3.26. The Balaban J connectivity index is 2.18.